The first kappa shape index (κ1) is 13.1. The van der Waals surface area contributed by atoms with Gasteiger partial charge in [-0.3, -0.25) is 9.59 Å². The van der Waals surface area contributed by atoms with E-state index in [0.717, 1.165) is 12.8 Å². The topological polar surface area (TPSA) is 97.1 Å². The molecular formula is C10H16N4O3. The van der Waals surface area contributed by atoms with E-state index < -0.39 is 5.97 Å². The van der Waals surface area contributed by atoms with E-state index in [1.807, 2.05) is 6.92 Å². The van der Waals surface area contributed by atoms with E-state index in [1.54, 1.807) is 0 Å². The van der Waals surface area contributed by atoms with Crippen LogP contribution in [0, 0.1) is 0 Å². The second-order valence-corrected chi connectivity index (χ2v) is 3.66. The molecule has 94 valence electrons. The number of rotatable bonds is 7. The molecule has 1 heterocycles. The van der Waals surface area contributed by atoms with Crippen LogP contribution in [0.15, 0.2) is 6.20 Å². The first-order valence-electron chi connectivity index (χ1n) is 5.49. The summed E-state index contributed by atoms with van der Waals surface area (Å²) >= 11 is 0. The molecule has 0 atom stereocenters. The summed E-state index contributed by atoms with van der Waals surface area (Å²) in [5.41, 5.74) is 0.420. The van der Waals surface area contributed by atoms with Crippen molar-refractivity contribution in [3.05, 3.63) is 11.9 Å². The van der Waals surface area contributed by atoms with Crippen molar-refractivity contribution in [2.24, 2.45) is 0 Å². The Morgan fingerprint density at radius 1 is 1.53 bits per heavy atom. The fourth-order valence-electron chi connectivity index (χ4n) is 1.30. The van der Waals surface area contributed by atoms with Crippen LogP contribution >= 0.6 is 0 Å². The third-order valence-corrected chi connectivity index (χ3v) is 2.18. The standard InChI is InChI=1S/C10H16N4O3/c1-2-3-4-11-9(15)7-14-8(5-10(16)17)6-12-13-14/h6H,2-5,7H2,1H3,(H,11,15)(H,16,17). The van der Waals surface area contributed by atoms with Gasteiger partial charge in [-0.05, 0) is 6.42 Å². The molecule has 1 aromatic heterocycles. The van der Waals surface area contributed by atoms with Gasteiger partial charge in [0.2, 0.25) is 5.91 Å². The van der Waals surface area contributed by atoms with Gasteiger partial charge in [0.15, 0.2) is 0 Å². The molecular weight excluding hydrogens is 224 g/mol. The van der Waals surface area contributed by atoms with Gasteiger partial charge < -0.3 is 10.4 Å². The Hall–Kier alpha value is -1.92. The number of hydrogen-bond acceptors (Lipinski definition) is 4. The second kappa shape index (κ2) is 6.62. The molecule has 0 aliphatic heterocycles. The van der Waals surface area contributed by atoms with Crippen LogP contribution in [-0.4, -0.2) is 38.5 Å². The molecule has 0 aromatic carbocycles. The number of carboxylic acids is 1. The minimum Gasteiger partial charge on any atom is -0.481 e. The number of carboxylic acid groups (broad SMARTS) is 1. The van der Waals surface area contributed by atoms with Crippen molar-refractivity contribution >= 4 is 11.9 Å². The highest BCUT2D eigenvalue weighted by Crippen LogP contribution is 1.97. The number of nitrogens with one attached hydrogen (secondary N) is 1. The Balaban J connectivity index is 2.47. The van der Waals surface area contributed by atoms with Crippen LogP contribution in [0.2, 0.25) is 0 Å². The fraction of sp³-hybridized carbons (Fsp3) is 0.600. The van der Waals surface area contributed by atoms with Crippen LogP contribution in [0.3, 0.4) is 0 Å². The van der Waals surface area contributed by atoms with Crippen LogP contribution in [0.4, 0.5) is 0 Å². The first-order valence-corrected chi connectivity index (χ1v) is 5.49. The van der Waals surface area contributed by atoms with Gasteiger partial charge >= 0.3 is 5.97 Å². The van der Waals surface area contributed by atoms with Crippen LogP contribution in [0.25, 0.3) is 0 Å². The van der Waals surface area contributed by atoms with Gasteiger partial charge in [0.1, 0.15) is 6.54 Å². The molecule has 1 rings (SSSR count). The number of carbonyl (C=O) groups is 2. The van der Waals surface area contributed by atoms with Gasteiger partial charge in [0, 0.05) is 6.54 Å². The van der Waals surface area contributed by atoms with Crippen LogP contribution in [0.1, 0.15) is 25.5 Å². The van der Waals surface area contributed by atoms with E-state index in [1.165, 1.54) is 10.9 Å². The quantitative estimate of drug-likeness (QED) is 0.644. The zero-order chi connectivity index (χ0) is 12.7. The molecule has 0 aliphatic carbocycles. The van der Waals surface area contributed by atoms with Gasteiger partial charge in [-0.1, -0.05) is 18.6 Å². The predicted octanol–water partition coefficient (Wildman–Crippen LogP) is -0.178. The number of aliphatic carboxylic acids is 1. The molecule has 0 spiro atoms. The molecule has 0 bridgehead atoms. The van der Waals surface area contributed by atoms with E-state index in [-0.39, 0.29) is 18.9 Å². The maximum atomic E-state index is 11.5. The van der Waals surface area contributed by atoms with Crippen molar-refractivity contribution < 1.29 is 14.7 Å². The zero-order valence-electron chi connectivity index (χ0n) is 9.72. The highest BCUT2D eigenvalue weighted by Gasteiger charge is 2.11. The highest BCUT2D eigenvalue weighted by molar-refractivity contribution is 5.76. The molecule has 0 saturated heterocycles. The molecule has 7 heteroatoms. The van der Waals surface area contributed by atoms with Gasteiger partial charge in [0.05, 0.1) is 18.3 Å². The normalized spacial score (nSPS) is 10.2. The summed E-state index contributed by atoms with van der Waals surface area (Å²) in [7, 11) is 0. The third kappa shape index (κ3) is 4.62. The summed E-state index contributed by atoms with van der Waals surface area (Å²) in [6.45, 7) is 2.67. The summed E-state index contributed by atoms with van der Waals surface area (Å²) in [6, 6.07) is 0. The number of aromatic nitrogens is 3. The minimum absolute atomic E-state index is 0.00628. The maximum Gasteiger partial charge on any atom is 0.309 e. The monoisotopic (exact) mass is 240 g/mol. The Kier molecular flexibility index (Phi) is 5.12. The summed E-state index contributed by atoms with van der Waals surface area (Å²) in [6.07, 6.45) is 3.10. The molecule has 0 unspecified atom stereocenters. The summed E-state index contributed by atoms with van der Waals surface area (Å²) in [4.78, 5) is 22.0. The molecule has 17 heavy (non-hydrogen) atoms. The van der Waals surface area contributed by atoms with Crippen molar-refractivity contribution in [2.45, 2.75) is 32.7 Å². The molecule has 0 aliphatic rings. The van der Waals surface area contributed by atoms with E-state index in [9.17, 15) is 9.59 Å². The number of carbonyl (C=O) groups excluding carboxylic acids is 1. The fourth-order valence-corrected chi connectivity index (χ4v) is 1.30. The van der Waals surface area contributed by atoms with Crippen LogP contribution < -0.4 is 5.32 Å². The van der Waals surface area contributed by atoms with E-state index >= 15 is 0 Å². The molecule has 7 nitrogen and oxygen atoms in total. The lowest BCUT2D eigenvalue weighted by molar-refractivity contribution is -0.136. The smallest absolute Gasteiger partial charge is 0.309 e. The number of unbranched alkanes of at least 4 members (excludes halogenated alkanes) is 1. The van der Waals surface area contributed by atoms with Crippen LogP contribution in [-0.2, 0) is 22.6 Å². The Morgan fingerprint density at radius 2 is 2.29 bits per heavy atom. The van der Waals surface area contributed by atoms with Crippen LogP contribution in [0.5, 0.6) is 0 Å². The van der Waals surface area contributed by atoms with E-state index in [0.29, 0.717) is 12.2 Å². The number of hydrogen-bond donors (Lipinski definition) is 2. The SMILES string of the molecule is CCCCNC(=O)Cn1nncc1CC(=O)O. The number of amides is 1. The van der Waals surface area contributed by atoms with Gasteiger partial charge in [-0.2, -0.15) is 0 Å². The largest absolute Gasteiger partial charge is 0.481 e. The lowest BCUT2D eigenvalue weighted by atomic mass is 10.3. The summed E-state index contributed by atoms with van der Waals surface area (Å²) < 4.78 is 1.30. The Morgan fingerprint density at radius 3 is 2.94 bits per heavy atom. The lowest BCUT2D eigenvalue weighted by Crippen LogP contribution is -2.29. The highest BCUT2D eigenvalue weighted by atomic mass is 16.4. The average Bonchev–Trinajstić information content (AvgIpc) is 2.65. The van der Waals surface area contributed by atoms with Crippen molar-refractivity contribution in [1.29, 1.82) is 0 Å². The maximum absolute atomic E-state index is 11.5. The summed E-state index contributed by atoms with van der Waals surface area (Å²) in [5, 5.41) is 18.6. The molecule has 1 aromatic rings. The Labute approximate surface area is 98.8 Å². The van der Waals surface area contributed by atoms with Crippen molar-refractivity contribution in [1.82, 2.24) is 20.3 Å². The second-order valence-electron chi connectivity index (χ2n) is 3.66. The molecule has 1 amide bonds. The number of nitrogens with zero attached hydrogens (tertiary/aromatic N) is 3. The Bertz CT molecular complexity index is 389. The van der Waals surface area contributed by atoms with Crippen molar-refractivity contribution in [2.75, 3.05) is 6.54 Å². The molecule has 0 saturated carbocycles. The first-order chi connectivity index (χ1) is 8.13. The molecule has 0 radical (unpaired) electrons. The average molecular weight is 240 g/mol. The minimum atomic E-state index is -0.972. The zero-order valence-corrected chi connectivity index (χ0v) is 9.72. The van der Waals surface area contributed by atoms with Crippen molar-refractivity contribution in [3.8, 4) is 0 Å². The van der Waals surface area contributed by atoms with Gasteiger partial charge in [0.25, 0.3) is 0 Å². The van der Waals surface area contributed by atoms with Gasteiger partial charge in [-0.15, -0.1) is 5.10 Å². The summed E-state index contributed by atoms with van der Waals surface area (Å²) in [5.74, 6) is -1.16. The van der Waals surface area contributed by atoms with E-state index in [2.05, 4.69) is 15.6 Å². The third-order valence-electron chi connectivity index (χ3n) is 2.18. The van der Waals surface area contributed by atoms with Gasteiger partial charge in [-0.25, -0.2) is 4.68 Å². The molecule has 2 N–H and O–H groups in total. The van der Waals surface area contributed by atoms with Crippen molar-refractivity contribution in [3.63, 3.8) is 0 Å². The lowest BCUT2D eigenvalue weighted by Gasteiger charge is -2.05. The van der Waals surface area contributed by atoms with E-state index in [4.69, 9.17) is 5.11 Å². The molecule has 0 fully saturated rings. The predicted molar refractivity (Wildman–Crippen MR) is 59.3 cm³/mol.